The van der Waals surface area contributed by atoms with Crippen molar-refractivity contribution in [1.29, 1.82) is 0 Å². The van der Waals surface area contributed by atoms with E-state index in [-0.39, 0.29) is 16.4 Å². The Labute approximate surface area is 109 Å². The van der Waals surface area contributed by atoms with Gasteiger partial charge in [0.25, 0.3) is 0 Å². The predicted octanol–water partition coefficient (Wildman–Crippen LogP) is 0.592. The number of rotatable bonds is 4. The molecule has 6 nitrogen and oxygen atoms in total. The van der Waals surface area contributed by atoms with Crippen LogP contribution in [0, 0.1) is 0 Å². The summed E-state index contributed by atoms with van der Waals surface area (Å²) in [5.74, 6) is -1.14. The summed E-state index contributed by atoms with van der Waals surface area (Å²) in [5, 5.41) is 19.3. The van der Waals surface area contributed by atoms with Crippen LogP contribution >= 0.6 is 11.3 Å². The lowest BCUT2D eigenvalue weighted by atomic mass is 10.2. The van der Waals surface area contributed by atoms with Crippen LogP contribution in [0.5, 0.6) is 0 Å². The molecular weight excluding hydrogens is 278 g/mol. The quantitative estimate of drug-likeness (QED) is 0.846. The van der Waals surface area contributed by atoms with Gasteiger partial charge >= 0.3 is 5.97 Å². The first-order chi connectivity index (χ1) is 8.46. The largest absolute Gasteiger partial charge is 0.477 e. The molecule has 1 aromatic heterocycles. The summed E-state index contributed by atoms with van der Waals surface area (Å²) in [6.45, 7) is 0.154. The van der Waals surface area contributed by atoms with Gasteiger partial charge in [-0.1, -0.05) is 0 Å². The highest BCUT2D eigenvalue weighted by molar-refractivity contribution is 7.89. The van der Waals surface area contributed by atoms with Gasteiger partial charge in [0.1, 0.15) is 4.88 Å². The molecule has 18 heavy (non-hydrogen) atoms. The molecule has 1 saturated heterocycles. The van der Waals surface area contributed by atoms with Crippen molar-refractivity contribution >= 4 is 27.3 Å². The highest BCUT2D eigenvalue weighted by Crippen LogP contribution is 2.28. The van der Waals surface area contributed by atoms with Gasteiger partial charge in [-0.2, -0.15) is 4.31 Å². The lowest BCUT2D eigenvalue weighted by Gasteiger charge is -2.21. The van der Waals surface area contributed by atoms with Gasteiger partial charge in [0.2, 0.25) is 10.0 Å². The topological polar surface area (TPSA) is 94.9 Å². The Morgan fingerprint density at radius 3 is 2.83 bits per heavy atom. The number of hydrogen-bond acceptors (Lipinski definition) is 5. The summed E-state index contributed by atoms with van der Waals surface area (Å²) < 4.78 is 25.8. The number of aliphatic hydroxyl groups excluding tert-OH is 1. The first kappa shape index (κ1) is 13.5. The molecule has 8 heteroatoms. The molecule has 2 rings (SSSR count). The fourth-order valence-corrected chi connectivity index (χ4v) is 4.79. The van der Waals surface area contributed by atoms with Crippen LogP contribution in [-0.4, -0.2) is 48.1 Å². The third kappa shape index (κ3) is 2.28. The van der Waals surface area contributed by atoms with Crippen molar-refractivity contribution in [3.05, 3.63) is 16.3 Å². The normalized spacial score (nSPS) is 21.3. The number of carboxylic acid groups (broad SMARTS) is 1. The van der Waals surface area contributed by atoms with Crippen LogP contribution in [0.3, 0.4) is 0 Å². The van der Waals surface area contributed by atoms with E-state index in [1.165, 1.54) is 9.69 Å². The maximum atomic E-state index is 12.3. The second-order valence-corrected chi connectivity index (χ2v) is 6.85. The smallest absolute Gasteiger partial charge is 0.345 e. The molecule has 2 N–H and O–H groups in total. The van der Waals surface area contributed by atoms with Gasteiger partial charge in [-0.25, -0.2) is 13.2 Å². The zero-order chi connectivity index (χ0) is 13.3. The highest BCUT2D eigenvalue weighted by atomic mass is 32.2. The molecule has 1 aliphatic rings. The Balaban J connectivity index is 2.32. The molecule has 0 aromatic carbocycles. The number of sulfonamides is 1. The van der Waals surface area contributed by atoms with Crippen molar-refractivity contribution in [3.63, 3.8) is 0 Å². The molecule has 0 bridgehead atoms. The average Bonchev–Trinajstić information content (AvgIpc) is 2.98. The fraction of sp³-hybridized carbons (Fsp3) is 0.500. The van der Waals surface area contributed by atoms with Gasteiger partial charge < -0.3 is 10.2 Å². The van der Waals surface area contributed by atoms with Gasteiger partial charge in [-0.3, -0.25) is 0 Å². The van der Waals surface area contributed by atoms with Gasteiger partial charge in [-0.05, 0) is 18.9 Å². The molecule has 0 radical (unpaired) electrons. The van der Waals surface area contributed by atoms with Crippen molar-refractivity contribution < 1.29 is 23.4 Å². The summed E-state index contributed by atoms with van der Waals surface area (Å²) in [4.78, 5) is 10.7. The Morgan fingerprint density at radius 1 is 1.56 bits per heavy atom. The molecular formula is C10H13NO5S2. The minimum Gasteiger partial charge on any atom is -0.477 e. The van der Waals surface area contributed by atoms with Crippen molar-refractivity contribution in [2.45, 2.75) is 23.8 Å². The number of thiophene rings is 1. The van der Waals surface area contributed by atoms with Crippen molar-refractivity contribution in [2.24, 2.45) is 0 Å². The lowest BCUT2D eigenvalue weighted by Crippen LogP contribution is -2.37. The highest BCUT2D eigenvalue weighted by Gasteiger charge is 2.35. The van der Waals surface area contributed by atoms with Crippen molar-refractivity contribution in [2.75, 3.05) is 13.2 Å². The molecule has 1 fully saturated rings. The zero-order valence-electron chi connectivity index (χ0n) is 9.44. The molecule has 1 aromatic rings. The standard InChI is InChI=1S/C10H13NO5S2/c12-5-7-2-1-3-11(7)18(15,16)8-4-9(10(13)14)17-6-8/h4,6-7,12H,1-3,5H2,(H,13,14). The van der Waals surface area contributed by atoms with Gasteiger partial charge in [0.15, 0.2) is 0 Å². The SMILES string of the molecule is O=C(O)c1cc(S(=O)(=O)N2CCCC2CO)cs1. The average molecular weight is 291 g/mol. The van der Waals surface area contributed by atoms with Crippen LogP contribution < -0.4 is 0 Å². The third-order valence-corrected chi connectivity index (χ3v) is 5.92. The number of aromatic carboxylic acids is 1. The number of carboxylic acids is 1. The number of carbonyl (C=O) groups is 1. The number of hydrogen-bond donors (Lipinski definition) is 2. The van der Waals surface area contributed by atoms with E-state index in [0.717, 1.165) is 17.4 Å². The Morgan fingerprint density at radius 2 is 2.28 bits per heavy atom. The van der Waals surface area contributed by atoms with E-state index >= 15 is 0 Å². The van der Waals surface area contributed by atoms with Crippen LogP contribution in [0.15, 0.2) is 16.3 Å². The van der Waals surface area contributed by atoms with Crippen LogP contribution in [0.2, 0.25) is 0 Å². The lowest BCUT2D eigenvalue weighted by molar-refractivity contribution is 0.0702. The van der Waals surface area contributed by atoms with E-state index in [1.54, 1.807) is 0 Å². The molecule has 0 saturated carbocycles. The summed E-state index contributed by atoms with van der Waals surface area (Å²) in [7, 11) is -3.69. The second-order valence-electron chi connectivity index (χ2n) is 4.05. The Kier molecular flexibility index (Phi) is 3.71. The van der Waals surface area contributed by atoms with Crippen molar-refractivity contribution in [1.82, 2.24) is 4.31 Å². The first-order valence-corrected chi connectivity index (χ1v) is 7.73. The van der Waals surface area contributed by atoms with E-state index in [4.69, 9.17) is 10.2 Å². The molecule has 100 valence electrons. The van der Waals surface area contributed by atoms with Crippen LogP contribution in [0.4, 0.5) is 0 Å². The van der Waals surface area contributed by atoms with E-state index in [0.29, 0.717) is 19.4 Å². The summed E-state index contributed by atoms with van der Waals surface area (Å²) >= 11 is 0.884. The molecule has 0 aliphatic carbocycles. The zero-order valence-corrected chi connectivity index (χ0v) is 11.1. The Bertz CT molecular complexity index is 550. The van der Waals surface area contributed by atoms with Crippen LogP contribution in [0.25, 0.3) is 0 Å². The van der Waals surface area contributed by atoms with E-state index < -0.39 is 22.0 Å². The maximum absolute atomic E-state index is 12.3. The summed E-state index contributed by atoms with van der Waals surface area (Å²) in [6.07, 6.45) is 1.34. The molecule has 1 unspecified atom stereocenters. The van der Waals surface area contributed by atoms with Gasteiger partial charge in [0, 0.05) is 18.0 Å². The summed E-state index contributed by atoms with van der Waals surface area (Å²) in [5.41, 5.74) is 0. The van der Waals surface area contributed by atoms with Gasteiger partial charge in [-0.15, -0.1) is 11.3 Å². The van der Waals surface area contributed by atoms with Crippen LogP contribution in [-0.2, 0) is 10.0 Å². The molecule has 1 aliphatic heterocycles. The first-order valence-electron chi connectivity index (χ1n) is 5.41. The van der Waals surface area contributed by atoms with Crippen molar-refractivity contribution in [3.8, 4) is 0 Å². The molecule has 0 amide bonds. The molecule has 0 spiro atoms. The predicted molar refractivity (Wildman–Crippen MR) is 65.3 cm³/mol. The fourth-order valence-electron chi connectivity index (χ4n) is 2.01. The van der Waals surface area contributed by atoms with E-state index in [2.05, 4.69) is 0 Å². The van der Waals surface area contributed by atoms with Crippen LogP contribution in [0.1, 0.15) is 22.5 Å². The number of nitrogens with zero attached hydrogens (tertiary/aromatic N) is 1. The van der Waals surface area contributed by atoms with Gasteiger partial charge in [0.05, 0.1) is 11.5 Å². The Hall–Kier alpha value is -0.960. The maximum Gasteiger partial charge on any atom is 0.345 e. The number of aliphatic hydroxyl groups is 1. The third-order valence-electron chi connectivity index (χ3n) is 2.93. The van der Waals surface area contributed by atoms with E-state index in [1.807, 2.05) is 0 Å². The minimum absolute atomic E-state index is 0.00618. The molecule has 2 heterocycles. The summed E-state index contributed by atoms with van der Waals surface area (Å²) in [6, 6.07) is 0.762. The monoisotopic (exact) mass is 291 g/mol. The van der Waals surface area contributed by atoms with E-state index in [9.17, 15) is 13.2 Å². The molecule has 1 atom stereocenters. The minimum atomic E-state index is -3.69. The second kappa shape index (κ2) is 4.96.